The van der Waals surface area contributed by atoms with Gasteiger partial charge in [-0.3, -0.25) is 4.90 Å². The van der Waals surface area contributed by atoms with Crippen molar-refractivity contribution in [2.75, 3.05) is 6.54 Å². The van der Waals surface area contributed by atoms with E-state index in [0.29, 0.717) is 12.6 Å². The van der Waals surface area contributed by atoms with Gasteiger partial charge < -0.3 is 9.84 Å². The molecule has 2 aromatic rings. The van der Waals surface area contributed by atoms with Gasteiger partial charge in [0.2, 0.25) is 0 Å². The average Bonchev–Trinajstić information content (AvgIpc) is 2.71. The SMILES string of the molecule is CCCC(O)N(CCC)C1CCc2c(cccc2OCc2ccccc2)C1. The van der Waals surface area contributed by atoms with Gasteiger partial charge in [0.15, 0.2) is 0 Å². The fourth-order valence-electron chi connectivity index (χ4n) is 4.16. The zero-order valence-corrected chi connectivity index (χ0v) is 16.7. The van der Waals surface area contributed by atoms with Crippen LogP contribution in [0.25, 0.3) is 0 Å². The molecule has 27 heavy (non-hydrogen) atoms. The number of aliphatic hydroxyl groups is 1. The lowest BCUT2D eigenvalue weighted by molar-refractivity contribution is -0.0342. The molecule has 3 heteroatoms. The number of hydrogen-bond acceptors (Lipinski definition) is 3. The number of benzene rings is 2. The Balaban J connectivity index is 1.70. The molecule has 0 saturated carbocycles. The summed E-state index contributed by atoms with van der Waals surface area (Å²) < 4.78 is 6.16. The van der Waals surface area contributed by atoms with Gasteiger partial charge in [0, 0.05) is 12.6 Å². The minimum absolute atomic E-state index is 0.320. The van der Waals surface area contributed by atoms with E-state index in [4.69, 9.17) is 4.74 Å². The molecule has 0 amide bonds. The van der Waals surface area contributed by atoms with Crippen molar-refractivity contribution < 1.29 is 9.84 Å². The number of rotatable bonds is 9. The summed E-state index contributed by atoms with van der Waals surface area (Å²) in [4.78, 5) is 2.32. The van der Waals surface area contributed by atoms with Crippen LogP contribution in [0.4, 0.5) is 0 Å². The number of aliphatic hydroxyl groups excluding tert-OH is 1. The summed E-state index contributed by atoms with van der Waals surface area (Å²) in [7, 11) is 0. The maximum Gasteiger partial charge on any atom is 0.123 e. The van der Waals surface area contributed by atoms with E-state index in [1.165, 1.54) is 16.7 Å². The summed E-state index contributed by atoms with van der Waals surface area (Å²) in [6.45, 7) is 5.90. The molecule has 0 spiro atoms. The summed E-state index contributed by atoms with van der Waals surface area (Å²) >= 11 is 0. The standard InChI is InChI=1S/C24H33NO2/c1-3-9-24(26)25(16-4-2)21-14-15-22-20(17-21)12-8-13-23(22)27-18-19-10-6-5-7-11-19/h5-8,10-13,21,24,26H,3-4,9,14-18H2,1-2H3. The van der Waals surface area contributed by atoms with Crippen molar-refractivity contribution in [2.45, 2.75) is 71.2 Å². The second-order valence-electron chi connectivity index (χ2n) is 7.57. The van der Waals surface area contributed by atoms with Crippen LogP contribution in [0.15, 0.2) is 48.5 Å². The van der Waals surface area contributed by atoms with Gasteiger partial charge in [-0.15, -0.1) is 0 Å². The van der Waals surface area contributed by atoms with Crippen molar-refractivity contribution in [3.8, 4) is 5.75 Å². The van der Waals surface area contributed by atoms with Gasteiger partial charge in [0.1, 0.15) is 18.6 Å². The minimum atomic E-state index is -0.320. The number of hydrogen-bond donors (Lipinski definition) is 1. The van der Waals surface area contributed by atoms with Crippen LogP contribution in [0.3, 0.4) is 0 Å². The normalized spacial score (nSPS) is 17.6. The van der Waals surface area contributed by atoms with E-state index in [2.05, 4.69) is 49.1 Å². The Kier molecular flexibility index (Phi) is 7.31. The molecule has 0 bridgehead atoms. The van der Waals surface area contributed by atoms with Gasteiger partial charge in [-0.2, -0.15) is 0 Å². The van der Waals surface area contributed by atoms with Crippen LogP contribution < -0.4 is 4.74 Å². The molecule has 0 radical (unpaired) electrons. The smallest absolute Gasteiger partial charge is 0.123 e. The molecule has 146 valence electrons. The van der Waals surface area contributed by atoms with Crippen molar-refractivity contribution in [3.63, 3.8) is 0 Å². The quantitative estimate of drug-likeness (QED) is 0.636. The second kappa shape index (κ2) is 9.91. The third-order valence-corrected chi connectivity index (χ3v) is 5.53. The second-order valence-corrected chi connectivity index (χ2v) is 7.57. The molecule has 0 heterocycles. The maximum atomic E-state index is 10.6. The molecular weight excluding hydrogens is 334 g/mol. The molecule has 2 aromatic carbocycles. The maximum absolute atomic E-state index is 10.6. The summed E-state index contributed by atoms with van der Waals surface area (Å²) in [5, 5.41) is 10.6. The van der Waals surface area contributed by atoms with Crippen LogP contribution in [0.2, 0.25) is 0 Å². The highest BCUT2D eigenvalue weighted by Crippen LogP contribution is 2.32. The molecule has 0 aliphatic heterocycles. The van der Waals surface area contributed by atoms with E-state index in [-0.39, 0.29) is 6.23 Å². The van der Waals surface area contributed by atoms with Crippen LogP contribution >= 0.6 is 0 Å². The molecule has 1 aliphatic carbocycles. The summed E-state index contributed by atoms with van der Waals surface area (Å²) in [6.07, 6.45) is 5.72. The van der Waals surface area contributed by atoms with Crippen LogP contribution in [-0.4, -0.2) is 28.8 Å². The lowest BCUT2D eigenvalue weighted by atomic mass is 9.86. The van der Waals surface area contributed by atoms with E-state index >= 15 is 0 Å². The molecule has 3 nitrogen and oxygen atoms in total. The zero-order valence-electron chi connectivity index (χ0n) is 16.7. The first-order chi connectivity index (χ1) is 13.2. The van der Waals surface area contributed by atoms with Crippen molar-refractivity contribution in [2.24, 2.45) is 0 Å². The van der Waals surface area contributed by atoms with E-state index in [1.807, 2.05) is 18.2 Å². The Morgan fingerprint density at radius 2 is 1.89 bits per heavy atom. The Morgan fingerprint density at radius 3 is 2.63 bits per heavy atom. The first kappa shape index (κ1) is 19.9. The fraction of sp³-hybridized carbons (Fsp3) is 0.500. The molecule has 0 fully saturated rings. The summed E-state index contributed by atoms with van der Waals surface area (Å²) in [5.74, 6) is 1.02. The summed E-state index contributed by atoms with van der Waals surface area (Å²) in [6, 6.07) is 17.2. The van der Waals surface area contributed by atoms with Gasteiger partial charge in [-0.25, -0.2) is 0 Å². The molecule has 0 saturated heterocycles. The van der Waals surface area contributed by atoms with Gasteiger partial charge in [-0.05, 0) is 54.9 Å². The lowest BCUT2D eigenvalue weighted by Gasteiger charge is -2.38. The Bertz CT molecular complexity index is 701. The van der Waals surface area contributed by atoms with E-state index in [9.17, 15) is 5.11 Å². The molecule has 3 rings (SSSR count). The van der Waals surface area contributed by atoms with Crippen LogP contribution in [0, 0.1) is 0 Å². The highest BCUT2D eigenvalue weighted by molar-refractivity contribution is 5.42. The first-order valence-electron chi connectivity index (χ1n) is 10.4. The van der Waals surface area contributed by atoms with Crippen LogP contribution in [0.5, 0.6) is 5.75 Å². The predicted molar refractivity (Wildman–Crippen MR) is 111 cm³/mol. The Morgan fingerprint density at radius 1 is 1.07 bits per heavy atom. The zero-order chi connectivity index (χ0) is 19.1. The van der Waals surface area contributed by atoms with Crippen LogP contribution in [-0.2, 0) is 19.4 Å². The fourth-order valence-corrected chi connectivity index (χ4v) is 4.16. The third kappa shape index (κ3) is 5.12. The van der Waals surface area contributed by atoms with Gasteiger partial charge in [0.25, 0.3) is 0 Å². The van der Waals surface area contributed by atoms with Crippen molar-refractivity contribution in [1.82, 2.24) is 4.90 Å². The number of fused-ring (bicyclic) bond motifs is 1. The molecule has 1 N–H and O–H groups in total. The highest BCUT2D eigenvalue weighted by atomic mass is 16.5. The molecule has 0 aromatic heterocycles. The largest absolute Gasteiger partial charge is 0.489 e. The Labute approximate surface area is 164 Å². The van der Waals surface area contributed by atoms with E-state index < -0.39 is 0 Å². The van der Waals surface area contributed by atoms with Gasteiger partial charge >= 0.3 is 0 Å². The van der Waals surface area contributed by atoms with E-state index in [0.717, 1.165) is 50.8 Å². The highest BCUT2D eigenvalue weighted by Gasteiger charge is 2.28. The minimum Gasteiger partial charge on any atom is -0.489 e. The summed E-state index contributed by atoms with van der Waals surface area (Å²) in [5.41, 5.74) is 3.92. The third-order valence-electron chi connectivity index (χ3n) is 5.53. The van der Waals surface area contributed by atoms with Crippen LogP contribution in [0.1, 0.15) is 56.2 Å². The van der Waals surface area contributed by atoms with Crippen molar-refractivity contribution >= 4 is 0 Å². The first-order valence-corrected chi connectivity index (χ1v) is 10.4. The molecule has 1 aliphatic rings. The Hall–Kier alpha value is -1.84. The lowest BCUT2D eigenvalue weighted by Crippen LogP contribution is -2.46. The van der Waals surface area contributed by atoms with Crippen molar-refractivity contribution in [1.29, 1.82) is 0 Å². The number of nitrogens with zero attached hydrogens (tertiary/aromatic N) is 1. The van der Waals surface area contributed by atoms with E-state index in [1.54, 1.807) is 0 Å². The average molecular weight is 368 g/mol. The predicted octanol–water partition coefficient (Wildman–Crippen LogP) is 4.95. The molecular formula is C24H33NO2. The van der Waals surface area contributed by atoms with Gasteiger partial charge in [-0.1, -0.05) is 62.7 Å². The molecule has 2 atom stereocenters. The monoisotopic (exact) mass is 367 g/mol. The topological polar surface area (TPSA) is 32.7 Å². The number of ether oxygens (including phenoxy) is 1. The molecule has 2 unspecified atom stereocenters. The van der Waals surface area contributed by atoms with Crippen molar-refractivity contribution in [3.05, 3.63) is 65.2 Å². The van der Waals surface area contributed by atoms with Gasteiger partial charge in [0.05, 0.1) is 0 Å².